The van der Waals surface area contributed by atoms with Gasteiger partial charge in [0.25, 0.3) is 0 Å². The number of carbonyl (C=O) groups is 1. The fourth-order valence-corrected chi connectivity index (χ4v) is 3.73. The standard InChI is InChI=1S/C17H21ClN4OS/c1-11(2)16-20-21-17(24-16)19-15(23)12-6-8-22(9-7-12)14-5-3-4-13(18)10-14/h3-5,10-12H,6-9H2,1-2H3,(H,19,21,23). The van der Waals surface area contributed by atoms with Crippen LogP contribution < -0.4 is 10.2 Å². The Labute approximate surface area is 151 Å². The van der Waals surface area contributed by atoms with Crippen LogP contribution in [0.1, 0.15) is 37.6 Å². The third-order valence-electron chi connectivity index (χ3n) is 4.20. The van der Waals surface area contributed by atoms with Gasteiger partial charge in [-0.25, -0.2) is 0 Å². The molecule has 1 N–H and O–H groups in total. The number of carbonyl (C=O) groups excluding carboxylic acids is 1. The third-order valence-corrected chi connectivity index (χ3v) is 5.58. The van der Waals surface area contributed by atoms with Crippen molar-refractivity contribution in [1.29, 1.82) is 0 Å². The second kappa shape index (κ2) is 7.49. The summed E-state index contributed by atoms with van der Waals surface area (Å²) in [5.74, 6) is 0.396. The summed E-state index contributed by atoms with van der Waals surface area (Å²) in [4.78, 5) is 14.7. The topological polar surface area (TPSA) is 58.1 Å². The number of hydrogen-bond acceptors (Lipinski definition) is 5. The molecular weight excluding hydrogens is 344 g/mol. The van der Waals surface area contributed by atoms with Crippen LogP contribution in [-0.4, -0.2) is 29.2 Å². The molecule has 2 aromatic rings. The van der Waals surface area contributed by atoms with Crippen LogP contribution in [0.25, 0.3) is 0 Å². The largest absolute Gasteiger partial charge is 0.371 e. The molecular formula is C17H21ClN4OS. The zero-order chi connectivity index (χ0) is 17.1. The lowest BCUT2D eigenvalue weighted by atomic mass is 9.95. The highest BCUT2D eigenvalue weighted by Gasteiger charge is 2.26. The molecule has 0 radical (unpaired) electrons. The van der Waals surface area contributed by atoms with Gasteiger partial charge >= 0.3 is 0 Å². The highest BCUT2D eigenvalue weighted by atomic mass is 35.5. The van der Waals surface area contributed by atoms with Crippen molar-refractivity contribution in [1.82, 2.24) is 10.2 Å². The highest BCUT2D eigenvalue weighted by Crippen LogP contribution is 2.27. The lowest BCUT2D eigenvalue weighted by Gasteiger charge is -2.32. The minimum absolute atomic E-state index is 0.0202. The van der Waals surface area contributed by atoms with E-state index >= 15 is 0 Å². The fraction of sp³-hybridized carbons (Fsp3) is 0.471. The Hall–Kier alpha value is -1.66. The SMILES string of the molecule is CC(C)c1nnc(NC(=O)C2CCN(c3cccc(Cl)c3)CC2)s1. The molecule has 1 aliphatic rings. The van der Waals surface area contributed by atoms with Crippen molar-refractivity contribution in [2.45, 2.75) is 32.6 Å². The highest BCUT2D eigenvalue weighted by molar-refractivity contribution is 7.15. The Balaban J connectivity index is 1.55. The number of amides is 1. The van der Waals surface area contributed by atoms with Crippen LogP contribution in [-0.2, 0) is 4.79 Å². The van der Waals surface area contributed by atoms with E-state index in [9.17, 15) is 4.79 Å². The molecule has 2 heterocycles. The number of halogens is 1. The molecule has 7 heteroatoms. The first-order valence-electron chi connectivity index (χ1n) is 8.17. The van der Waals surface area contributed by atoms with E-state index < -0.39 is 0 Å². The molecule has 0 spiro atoms. The Morgan fingerprint density at radius 3 is 2.71 bits per heavy atom. The first-order valence-corrected chi connectivity index (χ1v) is 9.37. The smallest absolute Gasteiger partial charge is 0.229 e. The van der Waals surface area contributed by atoms with Crippen molar-refractivity contribution in [3.8, 4) is 0 Å². The number of piperidine rings is 1. The quantitative estimate of drug-likeness (QED) is 0.884. The van der Waals surface area contributed by atoms with Gasteiger partial charge in [-0.05, 0) is 31.0 Å². The number of benzene rings is 1. The minimum Gasteiger partial charge on any atom is -0.371 e. The summed E-state index contributed by atoms with van der Waals surface area (Å²) >= 11 is 7.51. The fourth-order valence-electron chi connectivity index (χ4n) is 2.80. The molecule has 128 valence electrons. The second-order valence-corrected chi connectivity index (χ2v) is 7.78. The molecule has 1 fully saturated rings. The van der Waals surface area contributed by atoms with Crippen LogP contribution in [0.5, 0.6) is 0 Å². The molecule has 0 unspecified atom stereocenters. The number of rotatable bonds is 4. The molecule has 5 nitrogen and oxygen atoms in total. The van der Waals surface area contributed by atoms with Crippen LogP contribution >= 0.6 is 22.9 Å². The maximum Gasteiger partial charge on any atom is 0.229 e. The van der Waals surface area contributed by atoms with Crippen molar-refractivity contribution in [3.05, 3.63) is 34.3 Å². The van der Waals surface area contributed by atoms with Gasteiger partial charge in [0.15, 0.2) is 0 Å². The summed E-state index contributed by atoms with van der Waals surface area (Å²) in [6.45, 7) is 5.84. The summed E-state index contributed by atoms with van der Waals surface area (Å²) in [6, 6.07) is 7.86. The molecule has 24 heavy (non-hydrogen) atoms. The summed E-state index contributed by atoms with van der Waals surface area (Å²) in [5, 5.41) is 13.4. The number of anilines is 2. The number of aromatic nitrogens is 2. The molecule has 1 aliphatic heterocycles. The number of nitrogens with one attached hydrogen (secondary N) is 1. The van der Waals surface area contributed by atoms with Crippen molar-refractivity contribution in [3.63, 3.8) is 0 Å². The van der Waals surface area contributed by atoms with E-state index in [1.165, 1.54) is 11.3 Å². The molecule has 0 atom stereocenters. The molecule has 1 amide bonds. The van der Waals surface area contributed by atoms with E-state index in [0.29, 0.717) is 11.0 Å². The Kier molecular flexibility index (Phi) is 5.36. The first kappa shape index (κ1) is 17.2. The molecule has 0 saturated carbocycles. The Morgan fingerprint density at radius 1 is 1.33 bits per heavy atom. The average molecular weight is 365 g/mol. The molecule has 1 aromatic heterocycles. The lowest BCUT2D eigenvalue weighted by molar-refractivity contribution is -0.120. The number of nitrogens with zero attached hydrogens (tertiary/aromatic N) is 3. The molecule has 1 saturated heterocycles. The molecule has 1 aromatic carbocycles. The van der Waals surface area contributed by atoms with Crippen molar-refractivity contribution >= 4 is 39.7 Å². The second-order valence-electron chi connectivity index (χ2n) is 6.33. The van der Waals surface area contributed by atoms with Gasteiger partial charge in [0.05, 0.1) is 0 Å². The lowest BCUT2D eigenvalue weighted by Crippen LogP contribution is -2.38. The molecule has 3 rings (SSSR count). The van der Waals surface area contributed by atoms with Gasteiger partial charge in [-0.15, -0.1) is 10.2 Å². The van der Waals surface area contributed by atoms with Gasteiger partial charge in [-0.1, -0.05) is 42.9 Å². The van der Waals surface area contributed by atoms with Gasteiger partial charge < -0.3 is 10.2 Å². The van der Waals surface area contributed by atoms with Gasteiger partial charge in [-0.3, -0.25) is 4.79 Å². The number of hydrogen-bond donors (Lipinski definition) is 1. The van der Waals surface area contributed by atoms with Gasteiger partial charge in [0.1, 0.15) is 5.01 Å². The summed E-state index contributed by atoms with van der Waals surface area (Å²) in [7, 11) is 0. The molecule has 0 aliphatic carbocycles. The average Bonchev–Trinajstić information content (AvgIpc) is 3.04. The van der Waals surface area contributed by atoms with Crippen molar-refractivity contribution in [2.75, 3.05) is 23.3 Å². The zero-order valence-electron chi connectivity index (χ0n) is 13.8. The van der Waals surface area contributed by atoms with Crippen LogP contribution in [0.15, 0.2) is 24.3 Å². The van der Waals surface area contributed by atoms with Crippen molar-refractivity contribution < 1.29 is 4.79 Å². The Bertz CT molecular complexity index is 710. The van der Waals surface area contributed by atoms with Crippen LogP contribution in [0.2, 0.25) is 5.02 Å². The summed E-state index contributed by atoms with van der Waals surface area (Å²) in [5.41, 5.74) is 1.12. The van der Waals surface area contributed by atoms with E-state index in [-0.39, 0.29) is 11.8 Å². The van der Waals surface area contributed by atoms with E-state index in [0.717, 1.165) is 41.6 Å². The first-order chi connectivity index (χ1) is 11.5. The zero-order valence-corrected chi connectivity index (χ0v) is 15.4. The Morgan fingerprint density at radius 2 is 2.08 bits per heavy atom. The summed E-state index contributed by atoms with van der Waals surface area (Å²) < 4.78 is 0. The van der Waals surface area contributed by atoms with Crippen LogP contribution in [0, 0.1) is 5.92 Å². The predicted molar refractivity (Wildman–Crippen MR) is 99.0 cm³/mol. The van der Waals surface area contributed by atoms with Crippen LogP contribution in [0.3, 0.4) is 0 Å². The van der Waals surface area contributed by atoms with Gasteiger partial charge in [-0.2, -0.15) is 0 Å². The minimum atomic E-state index is 0.0202. The summed E-state index contributed by atoms with van der Waals surface area (Å²) in [6.07, 6.45) is 1.66. The van der Waals surface area contributed by atoms with Crippen molar-refractivity contribution in [2.24, 2.45) is 5.92 Å². The van der Waals surface area contributed by atoms with E-state index in [1.807, 2.05) is 18.2 Å². The molecule has 0 bridgehead atoms. The van der Waals surface area contributed by atoms with Gasteiger partial charge in [0.2, 0.25) is 11.0 Å². The van der Waals surface area contributed by atoms with Crippen LogP contribution in [0.4, 0.5) is 10.8 Å². The predicted octanol–water partition coefficient (Wildman–Crippen LogP) is 4.17. The van der Waals surface area contributed by atoms with E-state index in [4.69, 9.17) is 11.6 Å². The van der Waals surface area contributed by atoms with E-state index in [2.05, 4.69) is 40.3 Å². The maximum absolute atomic E-state index is 12.4. The van der Waals surface area contributed by atoms with Gasteiger partial charge in [0, 0.05) is 35.6 Å². The maximum atomic E-state index is 12.4. The third kappa shape index (κ3) is 4.05. The van der Waals surface area contributed by atoms with E-state index in [1.54, 1.807) is 0 Å². The monoisotopic (exact) mass is 364 g/mol. The normalized spacial score (nSPS) is 15.8.